The Hall–Kier alpha value is -0.820. The highest BCUT2D eigenvalue weighted by molar-refractivity contribution is 9.10. The van der Waals surface area contributed by atoms with Gasteiger partial charge in [0.05, 0.1) is 17.5 Å². The number of halogens is 2. The molecule has 1 unspecified atom stereocenters. The fourth-order valence-corrected chi connectivity index (χ4v) is 4.05. The van der Waals surface area contributed by atoms with E-state index in [1.54, 1.807) is 0 Å². The van der Waals surface area contributed by atoms with E-state index in [0.717, 1.165) is 55.9 Å². The number of carbonyl (C=O) groups is 1. The number of hydrogen-bond acceptors (Lipinski definition) is 4. The van der Waals surface area contributed by atoms with Crippen LogP contribution in [0.2, 0.25) is 0 Å². The maximum absolute atomic E-state index is 12.4. The number of ether oxygens (including phenoxy) is 1. The van der Waals surface area contributed by atoms with Crippen LogP contribution < -0.4 is 10.1 Å². The molecule has 5 nitrogen and oxygen atoms in total. The van der Waals surface area contributed by atoms with E-state index < -0.39 is 0 Å². The molecule has 0 spiro atoms. The molecule has 140 valence electrons. The number of benzene rings is 1. The van der Waals surface area contributed by atoms with Crippen molar-refractivity contribution in [3.05, 3.63) is 28.2 Å². The van der Waals surface area contributed by atoms with Gasteiger partial charge < -0.3 is 15.0 Å². The van der Waals surface area contributed by atoms with Crippen LogP contribution in [-0.4, -0.2) is 67.6 Å². The summed E-state index contributed by atoms with van der Waals surface area (Å²) in [5, 5.41) is 3.38. The van der Waals surface area contributed by atoms with E-state index in [1.807, 2.05) is 30.0 Å². The molecule has 1 N–H and O–H groups in total. The summed E-state index contributed by atoms with van der Waals surface area (Å²) in [6.07, 6.45) is 1.53. The fourth-order valence-electron chi connectivity index (χ4n) is 3.44. The lowest BCUT2D eigenvalue weighted by Crippen LogP contribution is -2.49. The van der Waals surface area contributed by atoms with Gasteiger partial charge in [0.1, 0.15) is 5.75 Å². The monoisotopic (exact) mass is 431 g/mol. The van der Waals surface area contributed by atoms with Gasteiger partial charge in [-0.3, -0.25) is 9.69 Å². The largest absolute Gasteiger partial charge is 0.492 e. The maximum atomic E-state index is 12.4. The molecular weight excluding hydrogens is 406 g/mol. The normalized spacial score (nSPS) is 21.0. The van der Waals surface area contributed by atoms with Gasteiger partial charge in [0.25, 0.3) is 0 Å². The van der Waals surface area contributed by atoms with E-state index in [9.17, 15) is 4.79 Å². The molecule has 2 saturated heterocycles. The Morgan fingerprint density at radius 1 is 1.32 bits per heavy atom. The second kappa shape index (κ2) is 9.76. The number of piperazine rings is 1. The predicted octanol–water partition coefficient (Wildman–Crippen LogP) is 2.45. The van der Waals surface area contributed by atoms with Crippen LogP contribution in [-0.2, 0) is 4.79 Å². The number of rotatable bonds is 5. The Morgan fingerprint density at radius 3 is 2.80 bits per heavy atom. The Labute approximate surface area is 164 Å². The van der Waals surface area contributed by atoms with Crippen LogP contribution in [0.15, 0.2) is 22.7 Å². The van der Waals surface area contributed by atoms with E-state index in [1.165, 1.54) is 5.56 Å². The standard InChI is InChI=1S/C18H26BrN3O2.ClH/c1-14-2-3-17(16(19)12-14)24-11-5-18(23)22-8-4-15(13-22)21-9-6-20-7-10-21;/h2-3,12,15,20H,4-11,13H2,1H3;1H. The first-order chi connectivity index (χ1) is 11.6. The van der Waals surface area contributed by atoms with Crippen molar-refractivity contribution in [3.8, 4) is 5.75 Å². The van der Waals surface area contributed by atoms with Gasteiger partial charge in [-0.15, -0.1) is 12.4 Å². The van der Waals surface area contributed by atoms with Crippen LogP contribution in [0.1, 0.15) is 18.4 Å². The minimum absolute atomic E-state index is 0. The summed E-state index contributed by atoms with van der Waals surface area (Å²) in [5.41, 5.74) is 1.18. The molecule has 7 heteroatoms. The van der Waals surface area contributed by atoms with E-state index >= 15 is 0 Å². The van der Waals surface area contributed by atoms with Gasteiger partial charge in [-0.05, 0) is 47.0 Å². The van der Waals surface area contributed by atoms with Crippen molar-refractivity contribution < 1.29 is 9.53 Å². The van der Waals surface area contributed by atoms with Gasteiger partial charge in [0, 0.05) is 45.3 Å². The van der Waals surface area contributed by atoms with Crippen LogP contribution in [0.25, 0.3) is 0 Å². The molecule has 0 aromatic heterocycles. The second-order valence-corrected chi connectivity index (χ2v) is 7.45. The van der Waals surface area contributed by atoms with E-state index in [4.69, 9.17) is 4.74 Å². The molecule has 1 atom stereocenters. The zero-order chi connectivity index (χ0) is 16.9. The van der Waals surface area contributed by atoms with Crippen molar-refractivity contribution >= 4 is 34.2 Å². The Bertz CT molecular complexity index is 581. The number of aryl methyl sites for hydroxylation is 1. The lowest BCUT2D eigenvalue weighted by atomic mass is 10.2. The van der Waals surface area contributed by atoms with Gasteiger partial charge in [0.2, 0.25) is 5.91 Å². The SMILES string of the molecule is Cc1ccc(OCCC(=O)N2CCC(N3CCNCC3)C2)c(Br)c1.Cl. The first-order valence-electron chi connectivity index (χ1n) is 8.75. The molecule has 2 fully saturated rings. The highest BCUT2D eigenvalue weighted by Gasteiger charge is 2.30. The summed E-state index contributed by atoms with van der Waals surface area (Å²) in [5.74, 6) is 1.00. The van der Waals surface area contributed by atoms with E-state index in [0.29, 0.717) is 19.1 Å². The summed E-state index contributed by atoms with van der Waals surface area (Å²) >= 11 is 3.50. The molecule has 0 radical (unpaired) electrons. The van der Waals surface area contributed by atoms with Crippen molar-refractivity contribution in [2.75, 3.05) is 45.9 Å². The number of nitrogens with zero attached hydrogens (tertiary/aromatic N) is 2. The minimum Gasteiger partial charge on any atom is -0.492 e. The first kappa shape index (κ1) is 20.5. The molecule has 2 heterocycles. The van der Waals surface area contributed by atoms with Gasteiger partial charge in [-0.2, -0.15) is 0 Å². The first-order valence-corrected chi connectivity index (χ1v) is 9.54. The van der Waals surface area contributed by atoms with Crippen LogP contribution in [0, 0.1) is 6.92 Å². The molecule has 2 aliphatic heterocycles. The lowest BCUT2D eigenvalue weighted by molar-refractivity contribution is -0.130. The molecule has 0 bridgehead atoms. The number of hydrogen-bond donors (Lipinski definition) is 1. The Kier molecular flexibility index (Phi) is 8.00. The summed E-state index contributed by atoms with van der Waals surface area (Å²) in [6, 6.07) is 6.51. The van der Waals surface area contributed by atoms with Gasteiger partial charge in [-0.25, -0.2) is 0 Å². The topological polar surface area (TPSA) is 44.8 Å². The molecule has 0 aliphatic carbocycles. The zero-order valence-corrected chi connectivity index (χ0v) is 17.1. The molecule has 3 rings (SSSR count). The Morgan fingerprint density at radius 2 is 2.08 bits per heavy atom. The summed E-state index contributed by atoms with van der Waals surface area (Å²) in [4.78, 5) is 16.9. The van der Waals surface area contributed by atoms with Gasteiger partial charge >= 0.3 is 0 Å². The number of likely N-dealkylation sites (tertiary alicyclic amines) is 1. The molecule has 1 amide bonds. The number of amides is 1. The van der Waals surface area contributed by atoms with Gasteiger partial charge in [-0.1, -0.05) is 6.07 Å². The molecule has 1 aromatic carbocycles. The number of nitrogens with one attached hydrogen (secondary N) is 1. The smallest absolute Gasteiger partial charge is 0.226 e. The van der Waals surface area contributed by atoms with Gasteiger partial charge in [0.15, 0.2) is 0 Å². The third kappa shape index (κ3) is 5.58. The molecule has 1 aromatic rings. The third-order valence-corrected chi connectivity index (χ3v) is 5.46. The average molecular weight is 433 g/mol. The molecule has 2 aliphatic rings. The third-order valence-electron chi connectivity index (χ3n) is 4.84. The van der Waals surface area contributed by atoms with E-state index in [-0.39, 0.29) is 18.3 Å². The Balaban J connectivity index is 0.00000225. The zero-order valence-electron chi connectivity index (χ0n) is 14.7. The van der Waals surface area contributed by atoms with Crippen LogP contribution in [0.3, 0.4) is 0 Å². The summed E-state index contributed by atoms with van der Waals surface area (Å²) in [7, 11) is 0. The summed E-state index contributed by atoms with van der Waals surface area (Å²) in [6.45, 7) is 8.52. The number of carbonyl (C=O) groups excluding carboxylic acids is 1. The van der Waals surface area contributed by atoms with Crippen molar-refractivity contribution in [3.63, 3.8) is 0 Å². The fraction of sp³-hybridized carbons (Fsp3) is 0.611. The quantitative estimate of drug-likeness (QED) is 0.776. The average Bonchev–Trinajstić information content (AvgIpc) is 3.08. The lowest BCUT2D eigenvalue weighted by Gasteiger charge is -2.32. The highest BCUT2D eigenvalue weighted by Crippen LogP contribution is 2.26. The molecule has 25 heavy (non-hydrogen) atoms. The van der Waals surface area contributed by atoms with Crippen LogP contribution in [0.4, 0.5) is 0 Å². The predicted molar refractivity (Wildman–Crippen MR) is 106 cm³/mol. The van der Waals surface area contributed by atoms with Crippen molar-refractivity contribution in [2.45, 2.75) is 25.8 Å². The highest BCUT2D eigenvalue weighted by atomic mass is 79.9. The van der Waals surface area contributed by atoms with Crippen molar-refractivity contribution in [1.82, 2.24) is 15.1 Å². The van der Waals surface area contributed by atoms with Crippen molar-refractivity contribution in [2.24, 2.45) is 0 Å². The van der Waals surface area contributed by atoms with Crippen molar-refractivity contribution in [1.29, 1.82) is 0 Å². The molecular formula is C18H27BrClN3O2. The summed E-state index contributed by atoms with van der Waals surface area (Å²) < 4.78 is 6.69. The molecule has 0 saturated carbocycles. The van der Waals surface area contributed by atoms with E-state index in [2.05, 4.69) is 26.1 Å². The minimum atomic E-state index is 0. The van der Waals surface area contributed by atoms with Crippen LogP contribution in [0.5, 0.6) is 5.75 Å². The maximum Gasteiger partial charge on any atom is 0.226 e. The second-order valence-electron chi connectivity index (χ2n) is 6.60. The van der Waals surface area contributed by atoms with Crippen LogP contribution >= 0.6 is 28.3 Å².